The van der Waals surface area contributed by atoms with Gasteiger partial charge in [0.15, 0.2) is 0 Å². The molecule has 100 valence electrons. The Bertz CT molecular complexity index is 404. The number of rotatable bonds is 6. The van der Waals surface area contributed by atoms with E-state index in [0.717, 1.165) is 25.2 Å². The predicted molar refractivity (Wildman–Crippen MR) is 77.0 cm³/mol. The van der Waals surface area contributed by atoms with Crippen LogP contribution in [0.15, 0.2) is 18.2 Å². The van der Waals surface area contributed by atoms with Gasteiger partial charge in [0.2, 0.25) is 0 Å². The Balaban J connectivity index is 3.13. The molecular weight excluding hydrogens is 226 g/mol. The summed E-state index contributed by atoms with van der Waals surface area (Å²) >= 11 is 0. The van der Waals surface area contributed by atoms with Crippen LogP contribution >= 0.6 is 0 Å². The van der Waals surface area contributed by atoms with Crippen molar-refractivity contribution in [2.24, 2.45) is 0 Å². The van der Waals surface area contributed by atoms with E-state index in [1.165, 1.54) is 0 Å². The quantitative estimate of drug-likeness (QED) is 0.760. The third-order valence-electron chi connectivity index (χ3n) is 2.82. The van der Waals surface area contributed by atoms with Gasteiger partial charge in [-0.1, -0.05) is 6.92 Å². The van der Waals surface area contributed by atoms with E-state index in [9.17, 15) is 4.79 Å². The Labute approximate surface area is 109 Å². The largest absolute Gasteiger partial charge is 0.399 e. The third-order valence-corrected chi connectivity index (χ3v) is 2.82. The molecule has 1 amide bonds. The molecule has 0 unspecified atom stereocenters. The van der Waals surface area contributed by atoms with Crippen LogP contribution in [0.5, 0.6) is 0 Å². The summed E-state index contributed by atoms with van der Waals surface area (Å²) in [7, 11) is 0. The Kier molecular flexibility index (Phi) is 5.49. The molecule has 4 heteroatoms. The van der Waals surface area contributed by atoms with Crippen LogP contribution in [0.3, 0.4) is 0 Å². The van der Waals surface area contributed by atoms with Crippen LogP contribution in [-0.4, -0.2) is 25.5 Å². The van der Waals surface area contributed by atoms with Crippen molar-refractivity contribution in [3.63, 3.8) is 0 Å². The molecule has 1 rings (SSSR count). The summed E-state index contributed by atoms with van der Waals surface area (Å²) in [6.07, 6.45) is 1.04. The molecule has 0 aliphatic heterocycles. The molecule has 0 saturated carbocycles. The van der Waals surface area contributed by atoms with Gasteiger partial charge in [-0.05, 0) is 38.5 Å². The fraction of sp³-hybridized carbons (Fsp3) is 0.500. The molecular formula is C14H23N3O. The average Bonchev–Trinajstić information content (AvgIpc) is 2.36. The smallest absolute Gasteiger partial charge is 0.253 e. The zero-order valence-corrected chi connectivity index (χ0v) is 11.5. The summed E-state index contributed by atoms with van der Waals surface area (Å²) in [6.45, 7) is 8.54. The number of nitrogens with zero attached hydrogens (tertiary/aromatic N) is 1. The number of nitrogens with two attached hydrogens (primary N) is 1. The fourth-order valence-electron chi connectivity index (χ4n) is 1.98. The summed E-state index contributed by atoms with van der Waals surface area (Å²) in [5.74, 6) is -0.0398. The molecule has 0 spiro atoms. The van der Waals surface area contributed by atoms with Gasteiger partial charge < -0.3 is 16.0 Å². The van der Waals surface area contributed by atoms with E-state index >= 15 is 0 Å². The first kappa shape index (κ1) is 14.4. The zero-order valence-electron chi connectivity index (χ0n) is 11.5. The van der Waals surface area contributed by atoms with Crippen LogP contribution in [0.1, 0.15) is 37.6 Å². The van der Waals surface area contributed by atoms with Crippen LogP contribution in [0, 0.1) is 0 Å². The summed E-state index contributed by atoms with van der Waals surface area (Å²) in [4.78, 5) is 14.2. The van der Waals surface area contributed by atoms with Gasteiger partial charge >= 0.3 is 0 Å². The number of carbonyl (C=O) groups excluding carboxylic acids is 1. The van der Waals surface area contributed by atoms with Crippen LogP contribution in [0.4, 0.5) is 11.4 Å². The molecule has 0 aromatic heterocycles. The van der Waals surface area contributed by atoms with Gasteiger partial charge in [-0.3, -0.25) is 4.79 Å². The maximum absolute atomic E-state index is 12.0. The minimum Gasteiger partial charge on any atom is -0.399 e. The Morgan fingerprint density at radius 2 is 2.06 bits per heavy atom. The molecule has 0 fully saturated rings. The van der Waals surface area contributed by atoms with Crippen LogP contribution in [0.2, 0.25) is 0 Å². The van der Waals surface area contributed by atoms with Crippen molar-refractivity contribution in [3.8, 4) is 0 Å². The highest BCUT2D eigenvalue weighted by Crippen LogP contribution is 2.24. The second kappa shape index (κ2) is 6.89. The van der Waals surface area contributed by atoms with Crippen molar-refractivity contribution in [1.29, 1.82) is 0 Å². The molecule has 0 heterocycles. The maximum atomic E-state index is 12.0. The molecule has 0 aliphatic rings. The maximum Gasteiger partial charge on any atom is 0.253 e. The average molecular weight is 249 g/mol. The van der Waals surface area contributed by atoms with Crippen molar-refractivity contribution in [2.75, 3.05) is 30.3 Å². The lowest BCUT2D eigenvalue weighted by Gasteiger charge is -2.25. The van der Waals surface area contributed by atoms with E-state index in [1.54, 1.807) is 12.1 Å². The SMILES string of the molecule is CCCN(CC)c1cc(N)ccc1C(=O)NCC. The fourth-order valence-corrected chi connectivity index (χ4v) is 1.98. The van der Waals surface area contributed by atoms with E-state index < -0.39 is 0 Å². The highest BCUT2D eigenvalue weighted by Gasteiger charge is 2.15. The van der Waals surface area contributed by atoms with Gasteiger partial charge in [0, 0.05) is 25.3 Å². The molecule has 0 aliphatic carbocycles. The van der Waals surface area contributed by atoms with E-state index in [4.69, 9.17) is 5.73 Å². The monoisotopic (exact) mass is 249 g/mol. The lowest BCUT2D eigenvalue weighted by molar-refractivity contribution is 0.0956. The molecule has 18 heavy (non-hydrogen) atoms. The normalized spacial score (nSPS) is 10.2. The van der Waals surface area contributed by atoms with E-state index in [1.807, 2.05) is 13.0 Å². The van der Waals surface area contributed by atoms with Crippen molar-refractivity contribution in [2.45, 2.75) is 27.2 Å². The van der Waals surface area contributed by atoms with E-state index in [0.29, 0.717) is 17.8 Å². The number of hydrogen-bond donors (Lipinski definition) is 2. The van der Waals surface area contributed by atoms with Crippen molar-refractivity contribution in [1.82, 2.24) is 5.32 Å². The Morgan fingerprint density at radius 3 is 2.61 bits per heavy atom. The molecule has 3 N–H and O–H groups in total. The van der Waals surface area contributed by atoms with Crippen LogP contribution < -0.4 is 16.0 Å². The van der Waals surface area contributed by atoms with Gasteiger partial charge in [0.1, 0.15) is 0 Å². The zero-order chi connectivity index (χ0) is 13.5. The second-order valence-corrected chi connectivity index (χ2v) is 4.22. The summed E-state index contributed by atoms with van der Waals surface area (Å²) < 4.78 is 0. The van der Waals surface area contributed by atoms with Crippen molar-refractivity contribution in [3.05, 3.63) is 23.8 Å². The summed E-state index contributed by atoms with van der Waals surface area (Å²) in [5.41, 5.74) is 8.14. The summed E-state index contributed by atoms with van der Waals surface area (Å²) in [6, 6.07) is 5.45. The van der Waals surface area contributed by atoms with Gasteiger partial charge in [-0.2, -0.15) is 0 Å². The summed E-state index contributed by atoms with van der Waals surface area (Å²) in [5, 5.41) is 2.84. The van der Waals surface area contributed by atoms with Crippen molar-refractivity contribution >= 4 is 17.3 Å². The minimum atomic E-state index is -0.0398. The molecule has 0 bridgehead atoms. The number of nitrogens with one attached hydrogen (secondary N) is 1. The first-order valence-electron chi connectivity index (χ1n) is 6.56. The minimum absolute atomic E-state index is 0.0398. The second-order valence-electron chi connectivity index (χ2n) is 4.22. The van der Waals surface area contributed by atoms with Gasteiger partial charge in [0.25, 0.3) is 5.91 Å². The first-order chi connectivity index (χ1) is 8.63. The van der Waals surface area contributed by atoms with Gasteiger partial charge in [0.05, 0.1) is 11.3 Å². The number of benzene rings is 1. The highest BCUT2D eigenvalue weighted by atomic mass is 16.1. The topological polar surface area (TPSA) is 58.4 Å². The molecule has 0 radical (unpaired) electrons. The van der Waals surface area contributed by atoms with Gasteiger partial charge in [-0.15, -0.1) is 0 Å². The molecule has 0 atom stereocenters. The number of anilines is 2. The number of amides is 1. The number of hydrogen-bond acceptors (Lipinski definition) is 3. The highest BCUT2D eigenvalue weighted by molar-refractivity contribution is 6.00. The molecule has 1 aromatic rings. The number of nitrogen functional groups attached to an aromatic ring is 1. The third kappa shape index (κ3) is 3.39. The van der Waals surface area contributed by atoms with Crippen LogP contribution in [-0.2, 0) is 0 Å². The lowest BCUT2D eigenvalue weighted by Crippen LogP contribution is -2.29. The Hall–Kier alpha value is -1.71. The Morgan fingerprint density at radius 1 is 1.33 bits per heavy atom. The first-order valence-corrected chi connectivity index (χ1v) is 6.56. The predicted octanol–water partition coefficient (Wildman–Crippen LogP) is 2.25. The van der Waals surface area contributed by atoms with E-state index in [2.05, 4.69) is 24.1 Å². The molecule has 1 aromatic carbocycles. The molecule has 0 saturated heterocycles. The van der Waals surface area contributed by atoms with E-state index in [-0.39, 0.29) is 5.91 Å². The van der Waals surface area contributed by atoms with Crippen molar-refractivity contribution < 1.29 is 4.79 Å². The standard InChI is InChI=1S/C14H23N3O/c1-4-9-17(6-3)13-10-11(15)7-8-12(13)14(18)16-5-2/h7-8,10H,4-6,9,15H2,1-3H3,(H,16,18). The number of carbonyl (C=O) groups is 1. The van der Waals surface area contributed by atoms with Crippen LogP contribution in [0.25, 0.3) is 0 Å². The van der Waals surface area contributed by atoms with Gasteiger partial charge in [-0.25, -0.2) is 0 Å². The lowest BCUT2D eigenvalue weighted by atomic mass is 10.1. The molecule has 4 nitrogen and oxygen atoms in total.